The summed E-state index contributed by atoms with van der Waals surface area (Å²) in [5.41, 5.74) is 1.95. The van der Waals surface area contributed by atoms with E-state index in [0.717, 1.165) is 33.8 Å². The number of methoxy groups -OCH3 is 1. The van der Waals surface area contributed by atoms with Crippen LogP contribution in [0.25, 0.3) is 21.0 Å². The normalized spacial score (nSPS) is 10.9. The Morgan fingerprint density at radius 1 is 1.07 bits per heavy atom. The van der Waals surface area contributed by atoms with Gasteiger partial charge < -0.3 is 15.4 Å². The molecule has 7 heteroatoms. The monoisotopic (exact) mass is 392 g/mol. The molecule has 0 aliphatic rings. The first-order valence-corrected chi connectivity index (χ1v) is 9.78. The first kappa shape index (κ1) is 18.2. The molecule has 0 saturated heterocycles. The maximum absolute atomic E-state index is 11.9. The van der Waals surface area contributed by atoms with Crippen molar-refractivity contribution in [1.29, 1.82) is 0 Å². The standard InChI is InChI=1S/C21H20N4O2S/c1-13-17-19(24-12-25-20(17)28-18(13)21(26)27-2)23-11-10-22-16-9-5-7-14-6-3-4-8-15(14)16/h3-9,12,22H,10-11H2,1-2H3,(H,23,24,25). The zero-order valence-corrected chi connectivity index (χ0v) is 16.5. The molecular weight excluding hydrogens is 372 g/mol. The van der Waals surface area contributed by atoms with Crippen molar-refractivity contribution in [3.63, 3.8) is 0 Å². The molecule has 0 unspecified atom stereocenters. The zero-order valence-electron chi connectivity index (χ0n) is 15.7. The summed E-state index contributed by atoms with van der Waals surface area (Å²) in [6.07, 6.45) is 1.51. The van der Waals surface area contributed by atoms with Crippen molar-refractivity contribution in [2.45, 2.75) is 6.92 Å². The Labute approximate surface area is 166 Å². The van der Waals surface area contributed by atoms with Gasteiger partial charge in [-0.1, -0.05) is 36.4 Å². The highest BCUT2D eigenvalue weighted by Crippen LogP contribution is 2.33. The van der Waals surface area contributed by atoms with Gasteiger partial charge >= 0.3 is 5.97 Å². The van der Waals surface area contributed by atoms with Gasteiger partial charge in [0.15, 0.2) is 0 Å². The van der Waals surface area contributed by atoms with Crippen LogP contribution >= 0.6 is 11.3 Å². The van der Waals surface area contributed by atoms with Crippen LogP contribution in [0.3, 0.4) is 0 Å². The van der Waals surface area contributed by atoms with E-state index in [1.54, 1.807) is 0 Å². The van der Waals surface area contributed by atoms with Crippen LogP contribution in [0.4, 0.5) is 11.5 Å². The summed E-state index contributed by atoms with van der Waals surface area (Å²) >= 11 is 1.33. The van der Waals surface area contributed by atoms with Gasteiger partial charge in [-0.2, -0.15) is 0 Å². The number of aryl methyl sites for hydroxylation is 1. The predicted octanol–water partition coefficient (Wildman–Crippen LogP) is 4.46. The number of rotatable bonds is 6. The van der Waals surface area contributed by atoms with Crippen LogP contribution in [-0.2, 0) is 4.74 Å². The molecule has 0 radical (unpaired) electrons. The summed E-state index contributed by atoms with van der Waals surface area (Å²) in [5, 5.41) is 10.1. The minimum absolute atomic E-state index is 0.343. The molecule has 0 amide bonds. The summed E-state index contributed by atoms with van der Waals surface area (Å²) in [4.78, 5) is 21.9. The van der Waals surface area contributed by atoms with Crippen LogP contribution in [0.5, 0.6) is 0 Å². The van der Waals surface area contributed by atoms with Gasteiger partial charge in [0.2, 0.25) is 0 Å². The third-order valence-corrected chi connectivity index (χ3v) is 5.80. The molecule has 0 fully saturated rings. The Bertz CT molecular complexity index is 1150. The Balaban J connectivity index is 1.49. The quantitative estimate of drug-likeness (QED) is 0.373. The van der Waals surface area contributed by atoms with Crippen molar-refractivity contribution in [3.05, 3.63) is 59.2 Å². The number of hydrogen-bond acceptors (Lipinski definition) is 7. The number of carbonyl (C=O) groups excluding carboxylic acids is 1. The molecule has 4 aromatic rings. The van der Waals surface area contributed by atoms with Crippen molar-refractivity contribution in [1.82, 2.24) is 9.97 Å². The largest absolute Gasteiger partial charge is 0.465 e. The highest BCUT2D eigenvalue weighted by molar-refractivity contribution is 7.20. The molecular formula is C21H20N4O2S. The lowest BCUT2D eigenvalue weighted by Gasteiger charge is -2.11. The van der Waals surface area contributed by atoms with Crippen molar-refractivity contribution in [2.24, 2.45) is 0 Å². The second-order valence-electron chi connectivity index (χ2n) is 6.33. The van der Waals surface area contributed by atoms with E-state index in [1.165, 1.54) is 35.5 Å². The van der Waals surface area contributed by atoms with E-state index in [2.05, 4.69) is 50.9 Å². The van der Waals surface area contributed by atoms with Gasteiger partial charge in [-0.15, -0.1) is 11.3 Å². The summed E-state index contributed by atoms with van der Waals surface area (Å²) in [7, 11) is 1.38. The third-order valence-electron chi connectivity index (χ3n) is 4.62. The van der Waals surface area contributed by atoms with E-state index < -0.39 is 0 Å². The van der Waals surface area contributed by atoms with Crippen molar-refractivity contribution in [3.8, 4) is 0 Å². The minimum atomic E-state index is -0.343. The molecule has 2 aromatic carbocycles. The highest BCUT2D eigenvalue weighted by atomic mass is 32.1. The Morgan fingerprint density at radius 2 is 1.86 bits per heavy atom. The summed E-state index contributed by atoms with van der Waals surface area (Å²) in [6, 6.07) is 14.5. The molecule has 2 heterocycles. The molecule has 0 aliphatic carbocycles. The molecule has 4 rings (SSSR count). The molecule has 2 N–H and O–H groups in total. The average Bonchev–Trinajstić information content (AvgIpc) is 3.08. The van der Waals surface area contributed by atoms with Crippen LogP contribution in [0, 0.1) is 6.92 Å². The van der Waals surface area contributed by atoms with Gasteiger partial charge in [-0.3, -0.25) is 0 Å². The lowest BCUT2D eigenvalue weighted by atomic mass is 10.1. The second kappa shape index (κ2) is 7.82. The number of aromatic nitrogens is 2. The fourth-order valence-electron chi connectivity index (χ4n) is 3.25. The SMILES string of the molecule is COC(=O)c1sc2ncnc(NCCNc3cccc4ccccc34)c2c1C. The highest BCUT2D eigenvalue weighted by Gasteiger charge is 2.19. The first-order valence-electron chi connectivity index (χ1n) is 8.97. The van der Waals surface area contributed by atoms with Crippen molar-refractivity contribution in [2.75, 3.05) is 30.8 Å². The maximum Gasteiger partial charge on any atom is 0.348 e. The summed E-state index contributed by atoms with van der Waals surface area (Å²) in [6.45, 7) is 3.30. The van der Waals surface area contributed by atoms with Crippen molar-refractivity contribution >= 4 is 49.8 Å². The van der Waals surface area contributed by atoms with Crippen LogP contribution < -0.4 is 10.6 Å². The number of nitrogens with one attached hydrogen (secondary N) is 2. The maximum atomic E-state index is 11.9. The smallest absolute Gasteiger partial charge is 0.348 e. The fourth-order valence-corrected chi connectivity index (χ4v) is 4.32. The summed E-state index contributed by atoms with van der Waals surface area (Å²) < 4.78 is 4.86. The molecule has 0 spiro atoms. The van der Waals surface area contributed by atoms with Crippen LogP contribution in [0.2, 0.25) is 0 Å². The van der Waals surface area contributed by atoms with Crippen LogP contribution in [0.1, 0.15) is 15.2 Å². The number of carbonyl (C=O) groups is 1. The van der Waals surface area contributed by atoms with Gasteiger partial charge in [0.05, 0.1) is 12.5 Å². The number of nitrogens with zero attached hydrogens (tertiary/aromatic N) is 2. The topological polar surface area (TPSA) is 76.1 Å². The van der Waals surface area contributed by atoms with Crippen LogP contribution in [0.15, 0.2) is 48.8 Å². The Morgan fingerprint density at radius 3 is 2.71 bits per heavy atom. The number of esters is 1. The van der Waals surface area contributed by atoms with E-state index in [-0.39, 0.29) is 5.97 Å². The number of ether oxygens (including phenoxy) is 1. The molecule has 28 heavy (non-hydrogen) atoms. The number of hydrogen-bond donors (Lipinski definition) is 2. The van der Waals surface area contributed by atoms with E-state index in [0.29, 0.717) is 11.4 Å². The van der Waals surface area contributed by atoms with Gasteiger partial charge in [-0.25, -0.2) is 14.8 Å². The molecule has 0 bridgehead atoms. The zero-order chi connectivity index (χ0) is 19.5. The van der Waals surface area contributed by atoms with E-state index >= 15 is 0 Å². The third kappa shape index (κ3) is 3.36. The van der Waals surface area contributed by atoms with Gasteiger partial charge in [-0.05, 0) is 23.9 Å². The first-order chi connectivity index (χ1) is 13.7. The molecule has 2 aromatic heterocycles. The average molecular weight is 392 g/mol. The number of fused-ring (bicyclic) bond motifs is 2. The Hall–Kier alpha value is -3.19. The van der Waals surface area contributed by atoms with Crippen molar-refractivity contribution < 1.29 is 9.53 Å². The molecule has 0 saturated carbocycles. The Kier molecular flexibility index (Phi) is 5.08. The second-order valence-corrected chi connectivity index (χ2v) is 7.33. The van der Waals surface area contributed by atoms with Gasteiger partial charge in [0.25, 0.3) is 0 Å². The van der Waals surface area contributed by atoms with Crippen LogP contribution in [-0.4, -0.2) is 36.1 Å². The number of thiophene rings is 1. The predicted molar refractivity (Wildman–Crippen MR) is 114 cm³/mol. The fraction of sp³-hybridized carbons (Fsp3) is 0.190. The lowest BCUT2D eigenvalue weighted by molar-refractivity contribution is 0.0605. The van der Waals surface area contributed by atoms with Gasteiger partial charge in [0.1, 0.15) is 21.9 Å². The number of anilines is 2. The molecule has 0 aliphatic heterocycles. The number of benzene rings is 2. The van der Waals surface area contributed by atoms with Gasteiger partial charge in [0, 0.05) is 24.2 Å². The lowest BCUT2D eigenvalue weighted by Crippen LogP contribution is -2.14. The minimum Gasteiger partial charge on any atom is -0.465 e. The molecule has 142 valence electrons. The van der Waals surface area contributed by atoms with E-state index in [4.69, 9.17) is 4.74 Å². The molecule has 0 atom stereocenters. The van der Waals surface area contributed by atoms with E-state index in [9.17, 15) is 4.79 Å². The molecule has 6 nitrogen and oxygen atoms in total. The van der Waals surface area contributed by atoms with E-state index in [1.807, 2.05) is 19.1 Å². The summed E-state index contributed by atoms with van der Waals surface area (Å²) in [5.74, 6) is 0.387.